The van der Waals surface area contributed by atoms with E-state index < -0.39 is 9.84 Å². The normalized spacial score (nSPS) is 20.2. The number of nitrogens with one attached hydrogen (secondary N) is 1. The number of carbonyl (C=O) groups excluding carboxylic acids is 1. The highest BCUT2D eigenvalue weighted by Gasteiger charge is 2.36. The van der Waals surface area contributed by atoms with Crippen LogP contribution in [0.4, 0.5) is 5.69 Å². The minimum atomic E-state index is -3.30. The number of amides is 1. The molecule has 2 aromatic rings. The van der Waals surface area contributed by atoms with Crippen LogP contribution in [-0.4, -0.2) is 20.6 Å². The predicted molar refractivity (Wildman–Crippen MR) is 92.4 cm³/mol. The Morgan fingerprint density at radius 3 is 2.71 bits per heavy atom. The van der Waals surface area contributed by atoms with E-state index in [-0.39, 0.29) is 10.8 Å². The summed E-state index contributed by atoms with van der Waals surface area (Å²) in [5.74, 6) is 2.41. The van der Waals surface area contributed by atoms with Crippen LogP contribution in [0.25, 0.3) is 6.08 Å². The summed E-state index contributed by atoms with van der Waals surface area (Å²) in [6.45, 7) is 2.18. The van der Waals surface area contributed by atoms with Gasteiger partial charge in [0.25, 0.3) is 0 Å². The zero-order valence-corrected chi connectivity index (χ0v) is 14.3. The molecular weight excluding hydrogens is 326 g/mol. The van der Waals surface area contributed by atoms with Crippen LogP contribution >= 0.6 is 0 Å². The number of sulfone groups is 1. The lowest BCUT2D eigenvalue weighted by atomic mass is 10.3. The lowest BCUT2D eigenvalue weighted by molar-refractivity contribution is -0.111. The third kappa shape index (κ3) is 3.94. The highest BCUT2D eigenvalue weighted by molar-refractivity contribution is 7.90. The average molecular weight is 345 g/mol. The van der Waals surface area contributed by atoms with E-state index in [1.807, 2.05) is 12.1 Å². The first-order chi connectivity index (χ1) is 11.3. The Morgan fingerprint density at radius 1 is 1.29 bits per heavy atom. The number of rotatable bonds is 5. The molecule has 2 unspecified atom stereocenters. The maximum atomic E-state index is 12.0. The molecule has 24 heavy (non-hydrogen) atoms. The zero-order chi connectivity index (χ0) is 17.3. The van der Waals surface area contributed by atoms with E-state index in [1.165, 1.54) is 18.2 Å². The van der Waals surface area contributed by atoms with Crippen molar-refractivity contribution >= 4 is 27.5 Å². The largest absolute Gasteiger partial charge is 0.461 e. The van der Waals surface area contributed by atoms with E-state index in [0.29, 0.717) is 23.3 Å². The highest BCUT2D eigenvalue weighted by Crippen LogP contribution is 2.47. The van der Waals surface area contributed by atoms with Crippen LogP contribution in [0.5, 0.6) is 0 Å². The van der Waals surface area contributed by atoms with Crippen molar-refractivity contribution in [2.75, 3.05) is 11.6 Å². The van der Waals surface area contributed by atoms with Crippen LogP contribution < -0.4 is 5.32 Å². The van der Waals surface area contributed by atoms with Gasteiger partial charge in [0.2, 0.25) is 5.91 Å². The molecule has 1 aromatic carbocycles. The molecule has 126 valence electrons. The minimum Gasteiger partial charge on any atom is -0.461 e. The monoisotopic (exact) mass is 345 g/mol. The molecule has 1 aliphatic rings. The topological polar surface area (TPSA) is 76.4 Å². The Balaban J connectivity index is 1.64. The molecule has 5 nitrogen and oxygen atoms in total. The molecule has 0 aliphatic heterocycles. The summed E-state index contributed by atoms with van der Waals surface area (Å²) in [6, 6.07) is 9.94. The fourth-order valence-electron chi connectivity index (χ4n) is 2.52. The molecule has 1 fully saturated rings. The van der Waals surface area contributed by atoms with Gasteiger partial charge in [-0.3, -0.25) is 4.79 Å². The van der Waals surface area contributed by atoms with Crippen molar-refractivity contribution < 1.29 is 17.6 Å². The van der Waals surface area contributed by atoms with Gasteiger partial charge in [-0.05, 0) is 48.7 Å². The highest BCUT2D eigenvalue weighted by atomic mass is 32.2. The summed E-state index contributed by atoms with van der Waals surface area (Å²) in [4.78, 5) is 12.1. The predicted octanol–water partition coefficient (Wildman–Crippen LogP) is 3.46. The van der Waals surface area contributed by atoms with Gasteiger partial charge in [-0.2, -0.15) is 0 Å². The van der Waals surface area contributed by atoms with Crippen LogP contribution in [0.1, 0.15) is 30.8 Å². The van der Waals surface area contributed by atoms with Crippen molar-refractivity contribution in [2.45, 2.75) is 24.2 Å². The van der Waals surface area contributed by atoms with Gasteiger partial charge < -0.3 is 9.73 Å². The molecule has 1 N–H and O–H groups in total. The van der Waals surface area contributed by atoms with E-state index in [1.54, 1.807) is 18.2 Å². The molecule has 2 atom stereocenters. The summed E-state index contributed by atoms with van der Waals surface area (Å²) in [6.07, 6.45) is 5.25. The maximum Gasteiger partial charge on any atom is 0.248 e. The second-order valence-corrected chi connectivity index (χ2v) is 8.20. The Bertz CT molecular complexity index is 895. The van der Waals surface area contributed by atoms with Crippen molar-refractivity contribution in [3.05, 3.63) is 54.0 Å². The van der Waals surface area contributed by atoms with E-state index in [0.717, 1.165) is 18.4 Å². The summed E-state index contributed by atoms with van der Waals surface area (Å²) in [5.41, 5.74) is 0.430. The van der Waals surface area contributed by atoms with Crippen molar-refractivity contribution in [3.8, 4) is 0 Å². The van der Waals surface area contributed by atoms with Crippen molar-refractivity contribution in [3.63, 3.8) is 0 Å². The average Bonchev–Trinajstić information content (AvgIpc) is 3.07. The number of benzene rings is 1. The van der Waals surface area contributed by atoms with Gasteiger partial charge in [0.05, 0.1) is 4.90 Å². The third-order valence-electron chi connectivity index (χ3n) is 4.05. The number of furan rings is 1. The molecule has 3 rings (SSSR count). The van der Waals surface area contributed by atoms with Crippen molar-refractivity contribution in [1.82, 2.24) is 0 Å². The lowest BCUT2D eigenvalue weighted by Crippen LogP contribution is -2.08. The van der Waals surface area contributed by atoms with E-state index >= 15 is 0 Å². The summed E-state index contributed by atoms with van der Waals surface area (Å²) in [7, 11) is -3.30. The molecule has 0 bridgehead atoms. The van der Waals surface area contributed by atoms with Crippen LogP contribution in [0.2, 0.25) is 0 Å². The summed E-state index contributed by atoms with van der Waals surface area (Å²) in [5, 5.41) is 2.64. The third-order valence-corrected chi connectivity index (χ3v) is 5.16. The number of hydrogen-bond acceptors (Lipinski definition) is 4. The van der Waals surface area contributed by atoms with Gasteiger partial charge in [-0.25, -0.2) is 8.42 Å². The second-order valence-electron chi connectivity index (χ2n) is 6.18. The van der Waals surface area contributed by atoms with Gasteiger partial charge >= 0.3 is 0 Å². The van der Waals surface area contributed by atoms with E-state index in [9.17, 15) is 13.2 Å². The molecule has 1 heterocycles. The first-order valence-electron chi connectivity index (χ1n) is 7.72. The zero-order valence-electron chi connectivity index (χ0n) is 13.5. The number of carbonyl (C=O) groups is 1. The molecule has 1 amide bonds. The number of hydrogen-bond donors (Lipinski definition) is 1. The second kappa shape index (κ2) is 6.28. The number of anilines is 1. The van der Waals surface area contributed by atoms with E-state index in [4.69, 9.17) is 4.42 Å². The summed E-state index contributed by atoms with van der Waals surface area (Å²) >= 11 is 0. The van der Waals surface area contributed by atoms with Crippen LogP contribution in [0.3, 0.4) is 0 Å². The van der Waals surface area contributed by atoms with Crippen LogP contribution in [0.15, 0.2) is 51.8 Å². The molecule has 1 aliphatic carbocycles. The SMILES string of the molecule is CC1CC1c1ccc(/C=C/C(=O)Nc2cccc(S(C)(=O)=O)c2)o1. The standard InChI is InChI=1S/C18H19NO4S/c1-12-10-16(12)17-8-6-14(23-17)7-9-18(20)19-13-4-3-5-15(11-13)24(2,21)22/h3-9,11-12,16H,10H2,1-2H3,(H,19,20)/b9-7+. The quantitative estimate of drug-likeness (QED) is 0.842. The summed E-state index contributed by atoms with van der Waals surface area (Å²) < 4.78 is 28.8. The fourth-order valence-corrected chi connectivity index (χ4v) is 3.19. The van der Waals surface area contributed by atoms with Crippen LogP contribution in [0, 0.1) is 5.92 Å². The fraction of sp³-hybridized carbons (Fsp3) is 0.278. The van der Waals surface area contributed by atoms with Gasteiger partial charge in [0, 0.05) is 23.9 Å². The Kier molecular flexibility index (Phi) is 4.32. The van der Waals surface area contributed by atoms with E-state index in [2.05, 4.69) is 12.2 Å². The Morgan fingerprint density at radius 2 is 2.04 bits per heavy atom. The molecule has 0 radical (unpaired) electrons. The molecule has 6 heteroatoms. The molecular formula is C18H19NO4S. The first kappa shape index (κ1) is 16.5. The Hall–Kier alpha value is -2.34. The van der Waals surface area contributed by atoms with Gasteiger partial charge in [-0.1, -0.05) is 13.0 Å². The van der Waals surface area contributed by atoms with Gasteiger partial charge in [0.1, 0.15) is 11.5 Å². The van der Waals surface area contributed by atoms with Crippen molar-refractivity contribution in [1.29, 1.82) is 0 Å². The van der Waals surface area contributed by atoms with Gasteiger partial charge in [0.15, 0.2) is 9.84 Å². The minimum absolute atomic E-state index is 0.165. The van der Waals surface area contributed by atoms with Crippen molar-refractivity contribution in [2.24, 2.45) is 5.92 Å². The lowest BCUT2D eigenvalue weighted by Gasteiger charge is -2.04. The molecule has 1 saturated carbocycles. The molecule has 0 saturated heterocycles. The smallest absolute Gasteiger partial charge is 0.248 e. The maximum absolute atomic E-state index is 12.0. The first-order valence-corrected chi connectivity index (χ1v) is 9.61. The van der Waals surface area contributed by atoms with Gasteiger partial charge in [-0.15, -0.1) is 0 Å². The van der Waals surface area contributed by atoms with Crippen LogP contribution in [-0.2, 0) is 14.6 Å². The molecule has 1 aromatic heterocycles. The Labute approximate surface area is 141 Å². The molecule has 0 spiro atoms.